The smallest absolute Gasteiger partial charge is 0.262 e. The second-order valence-electron chi connectivity index (χ2n) is 3.07. The van der Waals surface area contributed by atoms with Crippen molar-refractivity contribution in [3.8, 4) is 0 Å². The maximum Gasteiger partial charge on any atom is 0.282 e. The highest BCUT2D eigenvalue weighted by Crippen LogP contribution is 2.03. The van der Waals surface area contributed by atoms with E-state index in [0.717, 1.165) is 19.3 Å². The lowest BCUT2D eigenvalue weighted by molar-refractivity contribution is 0.589. The fourth-order valence-electron chi connectivity index (χ4n) is 1.06. The largest absolute Gasteiger partial charge is 0.282 e. The van der Waals surface area contributed by atoms with E-state index >= 15 is 0 Å². The lowest BCUT2D eigenvalue weighted by Crippen LogP contribution is -2.13. The van der Waals surface area contributed by atoms with Crippen LogP contribution in [0.1, 0.15) is 32.0 Å². The number of primary sulfonamides is 1. The van der Waals surface area contributed by atoms with Crippen LogP contribution in [-0.2, 0) is 16.4 Å². The molecule has 0 fully saturated rings. The van der Waals surface area contributed by atoms with Crippen LogP contribution in [0.25, 0.3) is 0 Å². The van der Waals surface area contributed by atoms with E-state index in [0.29, 0.717) is 12.2 Å². The van der Waals surface area contributed by atoms with Crippen LogP contribution in [0.4, 0.5) is 0 Å². The number of nitrogens with zero attached hydrogens (tertiary/aromatic N) is 2. The van der Waals surface area contributed by atoms with Crippen molar-refractivity contribution in [2.24, 2.45) is 5.14 Å². The summed E-state index contributed by atoms with van der Waals surface area (Å²) >= 11 is 0. The van der Waals surface area contributed by atoms with Gasteiger partial charge in [-0.05, 0) is 6.42 Å². The van der Waals surface area contributed by atoms with Crippen LogP contribution in [0.15, 0.2) is 5.16 Å². The highest BCUT2D eigenvalue weighted by molar-refractivity contribution is 7.89. The number of unbranched alkanes of at least 4 members (excludes halogenated alkanes) is 2. The Morgan fingerprint density at radius 3 is 2.64 bits per heavy atom. The molecule has 0 amide bonds. The highest BCUT2D eigenvalue weighted by atomic mass is 32.2. The third kappa shape index (κ3) is 3.08. The van der Waals surface area contributed by atoms with Gasteiger partial charge in [0, 0.05) is 6.42 Å². The summed E-state index contributed by atoms with van der Waals surface area (Å²) in [5, 5.41) is 10.6. The molecular formula is C7H14N4O2S. The number of aromatic nitrogens is 3. The van der Waals surface area contributed by atoms with Gasteiger partial charge in [0.05, 0.1) is 0 Å². The maximum absolute atomic E-state index is 10.8. The molecule has 0 unspecified atom stereocenters. The number of hydrogen-bond acceptors (Lipinski definition) is 4. The van der Waals surface area contributed by atoms with Gasteiger partial charge in [0.1, 0.15) is 5.82 Å². The summed E-state index contributed by atoms with van der Waals surface area (Å²) in [5.41, 5.74) is 0. The number of H-pyrrole nitrogens is 1. The second-order valence-corrected chi connectivity index (χ2v) is 4.52. The average Bonchev–Trinajstić information content (AvgIpc) is 2.52. The number of sulfonamides is 1. The summed E-state index contributed by atoms with van der Waals surface area (Å²) in [6.45, 7) is 2.09. The standard InChI is InChI=1S/C7H14N4O2S/c1-2-3-4-5-6-9-7(11-10-6)14(8,12)13/h2-5H2,1H3,(H2,8,12,13)(H,9,10,11). The molecule has 0 radical (unpaired) electrons. The van der Waals surface area contributed by atoms with Crippen LogP contribution in [0.5, 0.6) is 0 Å². The van der Waals surface area contributed by atoms with Crippen molar-refractivity contribution in [2.75, 3.05) is 0 Å². The monoisotopic (exact) mass is 218 g/mol. The molecule has 6 nitrogen and oxygen atoms in total. The molecule has 0 atom stereocenters. The molecule has 0 spiro atoms. The molecule has 0 aliphatic heterocycles. The van der Waals surface area contributed by atoms with Crippen LogP contribution >= 0.6 is 0 Å². The van der Waals surface area contributed by atoms with E-state index < -0.39 is 10.0 Å². The van der Waals surface area contributed by atoms with Crippen molar-refractivity contribution in [1.29, 1.82) is 0 Å². The molecule has 1 heterocycles. The van der Waals surface area contributed by atoms with E-state index in [1.54, 1.807) is 0 Å². The maximum atomic E-state index is 10.8. The van der Waals surface area contributed by atoms with Crippen LogP contribution in [0, 0.1) is 0 Å². The highest BCUT2D eigenvalue weighted by Gasteiger charge is 2.13. The third-order valence-corrected chi connectivity index (χ3v) is 2.47. The molecule has 1 aromatic rings. The lowest BCUT2D eigenvalue weighted by atomic mass is 10.2. The van der Waals surface area contributed by atoms with Gasteiger partial charge in [-0.3, -0.25) is 5.10 Å². The van der Waals surface area contributed by atoms with Crippen LogP contribution in [0.2, 0.25) is 0 Å². The first-order valence-electron chi connectivity index (χ1n) is 4.48. The van der Waals surface area contributed by atoms with Crippen molar-refractivity contribution in [2.45, 2.75) is 37.8 Å². The number of nitrogens with two attached hydrogens (primary N) is 1. The zero-order chi connectivity index (χ0) is 10.6. The molecule has 7 heteroatoms. The number of nitrogens with one attached hydrogen (secondary N) is 1. The van der Waals surface area contributed by atoms with Crippen LogP contribution in [-0.4, -0.2) is 23.6 Å². The molecule has 0 saturated carbocycles. The fourth-order valence-corrected chi connectivity index (χ4v) is 1.47. The van der Waals surface area contributed by atoms with Gasteiger partial charge in [-0.25, -0.2) is 18.5 Å². The molecular weight excluding hydrogens is 204 g/mol. The number of rotatable bonds is 5. The van der Waals surface area contributed by atoms with Crippen molar-refractivity contribution in [3.05, 3.63) is 5.82 Å². The molecule has 1 rings (SSSR count). The summed E-state index contributed by atoms with van der Waals surface area (Å²) in [4.78, 5) is 3.77. The Hall–Kier alpha value is -0.950. The normalized spacial score (nSPS) is 11.9. The summed E-state index contributed by atoms with van der Waals surface area (Å²) in [7, 11) is -3.77. The molecule has 14 heavy (non-hydrogen) atoms. The first-order valence-corrected chi connectivity index (χ1v) is 6.02. The Morgan fingerprint density at radius 2 is 2.14 bits per heavy atom. The molecule has 3 N–H and O–H groups in total. The zero-order valence-corrected chi connectivity index (χ0v) is 8.84. The van der Waals surface area contributed by atoms with Crippen LogP contribution in [0.3, 0.4) is 0 Å². The molecule has 0 aliphatic carbocycles. The first kappa shape index (κ1) is 11.1. The van der Waals surface area contributed by atoms with Gasteiger partial charge in [-0.1, -0.05) is 19.8 Å². The Labute approximate surface area is 83.0 Å². The van der Waals surface area contributed by atoms with Gasteiger partial charge in [0.2, 0.25) is 0 Å². The Kier molecular flexibility index (Phi) is 3.59. The van der Waals surface area contributed by atoms with E-state index in [2.05, 4.69) is 22.1 Å². The van der Waals surface area contributed by atoms with Crippen LogP contribution < -0.4 is 5.14 Å². The van der Waals surface area contributed by atoms with E-state index in [1.165, 1.54) is 0 Å². The number of aromatic amines is 1. The van der Waals surface area contributed by atoms with Crippen molar-refractivity contribution >= 4 is 10.0 Å². The van der Waals surface area contributed by atoms with E-state index in [-0.39, 0.29) is 5.16 Å². The van der Waals surface area contributed by atoms with Gasteiger partial charge < -0.3 is 0 Å². The Balaban J connectivity index is 2.60. The van der Waals surface area contributed by atoms with Gasteiger partial charge in [0.25, 0.3) is 15.2 Å². The van der Waals surface area contributed by atoms with Crippen molar-refractivity contribution in [3.63, 3.8) is 0 Å². The van der Waals surface area contributed by atoms with E-state index in [4.69, 9.17) is 5.14 Å². The zero-order valence-electron chi connectivity index (χ0n) is 8.02. The number of hydrogen-bond donors (Lipinski definition) is 2. The predicted molar refractivity (Wildman–Crippen MR) is 51.0 cm³/mol. The topological polar surface area (TPSA) is 102 Å². The fraction of sp³-hybridized carbons (Fsp3) is 0.714. The second kappa shape index (κ2) is 4.52. The van der Waals surface area contributed by atoms with Gasteiger partial charge in [-0.15, -0.1) is 5.10 Å². The van der Waals surface area contributed by atoms with Crippen molar-refractivity contribution in [1.82, 2.24) is 15.2 Å². The lowest BCUT2D eigenvalue weighted by Gasteiger charge is -1.92. The van der Waals surface area contributed by atoms with Gasteiger partial charge in [-0.2, -0.15) is 0 Å². The molecule has 0 saturated heterocycles. The summed E-state index contributed by atoms with van der Waals surface area (Å²) < 4.78 is 21.6. The minimum Gasteiger partial charge on any atom is -0.262 e. The predicted octanol–water partition coefficient (Wildman–Crippen LogP) is 0.185. The average molecular weight is 218 g/mol. The molecule has 0 aliphatic rings. The first-order chi connectivity index (χ1) is 6.54. The summed E-state index contributed by atoms with van der Waals surface area (Å²) in [6.07, 6.45) is 3.87. The molecule has 0 bridgehead atoms. The molecule has 1 aromatic heterocycles. The summed E-state index contributed by atoms with van der Waals surface area (Å²) in [6, 6.07) is 0. The Morgan fingerprint density at radius 1 is 1.43 bits per heavy atom. The minimum absolute atomic E-state index is 0.330. The molecule has 80 valence electrons. The minimum atomic E-state index is -3.77. The van der Waals surface area contributed by atoms with Gasteiger partial charge in [0.15, 0.2) is 0 Å². The van der Waals surface area contributed by atoms with Crippen molar-refractivity contribution < 1.29 is 8.42 Å². The van der Waals surface area contributed by atoms with E-state index in [9.17, 15) is 8.42 Å². The third-order valence-electron chi connectivity index (χ3n) is 1.78. The van der Waals surface area contributed by atoms with E-state index in [1.807, 2.05) is 0 Å². The SMILES string of the molecule is CCCCCc1nc(S(N)(=O)=O)n[nH]1. The quantitative estimate of drug-likeness (QED) is 0.688. The van der Waals surface area contributed by atoms with Gasteiger partial charge >= 0.3 is 0 Å². The molecule has 0 aromatic carbocycles. The Bertz CT molecular complexity index is 384. The summed E-state index contributed by atoms with van der Waals surface area (Å²) in [5.74, 6) is 0.572. The number of aryl methyl sites for hydroxylation is 1.